The average Bonchev–Trinajstić information content (AvgIpc) is 2.89. The number of anilines is 1. The van der Waals surface area contributed by atoms with Crippen LogP contribution in [0.1, 0.15) is 40.4 Å². The Hall–Kier alpha value is -2.70. The van der Waals surface area contributed by atoms with Crippen LogP contribution >= 0.6 is 0 Å². The van der Waals surface area contributed by atoms with Crippen molar-refractivity contribution in [2.24, 2.45) is 5.92 Å². The maximum absolute atomic E-state index is 12.6. The number of methoxy groups -OCH3 is 1. The summed E-state index contributed by atoms with van der Waals surface area (Å²) in [6, 6.07) is 5.77. The third-order valence-electron chi connectivity index (χ3n) is 4.75. The van der Waals surface area contributed by atoms with Gasteiger partial charge in [0, 0.05) is 18.7 Å². The van der Waals surface area contributed by atoms with E-state index < -0.39 is 0 Å². The van der Waals surface area contributed by atoms with Gasteiger partial charge < -0.3 is 14.6 Å². The molecule has 1 aliphatic heterocycles. The molecule has 1 unspecified atom stereocenters. The lowest BCUT2D eigenvalue weighted by molar-refractivity contribution is -0.145. The number of esters is 1. The van der Waals surface area contributed by atoms with E-state index in [0.717, 1.165) is 17.1 Å². The van der Waals surface area contributed by atoms with E-state index >= 15 is 0 Å². The molecule has 0 bridgehead atoms. The Morgan fingerprint density at radius 3 is 2.72 bits per heavy atom. The summed E-state index contributed by atoms with van der Waals surface area (Å²) in [7, 11) is 1.40. The van der Waals surface area contributed by atoms with Gasteiger partial charge in [-0.05, 0) is 49.9 Å². The number of nitrogens with one attached hydrogen (secondary N) is 1. The van der Waals surface area contributed by atoms with Crippen molar-refractivity contribution in [1.29, 1.82) is 0 Å². The highest BCUT2D eigenvalue weighted by atomic mass is 16.5. The molecule has 1 N–H and O–H groups in total. The minimum Gasteiger partial charge on any atom is -0.469 e. The summed E-state index contributed by atoms with van der Waals surface area (Å²) >= 11 is 0. The molecule has 1 atom stereocenters. The summed E-state index contributed by atoms with van der Waals surface area (Å²) in [6.07, 6.45) is 1.87. The fourth-order valence-electron chi connectivity index (χ4n) is 3.06. The third-order valence-corrected chi connectivity index (χ3v) is 4.75. The van der Waals surface area contributed by atoms with Gasteiger partial charge in [0.05, 0.1) is 13.0 Å². The molecule has 0 spiro atoms. The van der Waals surface area contributed by atoms with Crippen molar-refractivity contribution in [3.8, 4) is 0 Å². The van der Waals surface area contributed by atoms with E-state index in [1.54, 1.807) is 4.57 Å². The van der Waals surface area contributed by atoms with Crippen molar-refractivity contribution in [2.75, 3.05) is 12.4 Å². The van der Waals surface area contributed by atoms with Gasteiger partial charge in [-0.25, -0.2) is 0 Å². The van der Waals surface area contributed by atoms with Gasteiger partial charge in [-0.3, -0.25) is 9.59 Å². The Bertz CT molecular complexity index is 813. The number of nitrogens with zero attached hydrogens (tertiary/aromatic N) is 3. The standard InChI is InChI=1S/C18H22N4O3/c1-11-4-6-14(10-12(11)2)19-17(23)16-21-20-15-7-5-13(18(24)25-3)8-9-22(15)16/h4,6,10,13H,5,7-9H2,1-3H3,(H,19,23). The van der Waals surface area contributed by atoms with E-state index in [9.17, 15) is 9.59 Å². The predicted octanol–water partition coefficient (Wildman–Crippen LogP) is 2.27. The number of carbonyl (C=O) groups excluding carboxylic acids is 2. The zero-order valence-corrected chi connectivity index (χ0v) is 14.7. The predicted molar refractivity (Wildman–Crippen MR) is 92.3 cm³/mol. The Morgan fingerprint density at radius 1 is 1.20 bits per heavy atom. The number of benzene rings is 1. The van der Waals surface area contributed by atoms with Crippen LogP contribution in [-0.4, -0.2) is 33.8 Å². The van der Waals surface area contributed by atoms with Crippen LogP contribution in [0.25, 0.3) is 0 Å². The van der Waals surface area contributed by atoms with Crippen LogP contribution in [0.4, 0.5) is 5.69 Å². The number of rotatable bonds is 3. The third kappa shape index (κ3) is 3.55. The van der Waals surface area contributed by atoms with Gasteiger partial charge >= 0.3 is 5.97 Å². The Kier molecular flexibility index (Phi) is 4.83. The molecule has 3 rings (SSSR count). The van der Waals surface area contributed by atoms with Crippen LogP contribution in [0, 0.1) is 19.8 Å². The van der Waals surface area contributed by atoms with Crippen molar-refractivity contribution in [2.45, 2.75) is 39.7 Å². The van der Waals surface area contributed by atoms with Crippen molar-refractivity contribution >= 4 is 17.6 Å². The second kappa shape index (κ2) is 7.04. The second-order valence-electron chi connectivity index (χ2n) is 6.39. The topological polar surface area (TPSA) is 86.1 Å². The first-order chi connectivity index (χ1) is 12.0. The normalized spacial score (nSPS) is 16.7. The summed E-state index contributed by atoms with van der Waals surface area (Å²) in [5.41, 5.74) is 3.01. The first kappa shape index (κ1) is 17.1. The molecule has 1 aromatic carbocycles. The first-order valence-corrected chi connectivity index (χ1v) is 8.38. The maximum Gasteiger partial charge on any atom is 0.308 e. The summed E-state index contributed by atoms with van der Waals surface area (Å²) in [6.45, 7) is 4.55. The van der Waals surface area contributed by atoms with Gasteiger partial charge in [-0.2, -0.15) is 0 Å². The highest BCUT2D eigenvalue weighted by Gasteiger charge is 2.27. The Labute approximate surface area is 146 Å². The molecule has 0 aliphatic carbocycles. The highest BCUT2D eigenvalue weighted by molar-refractivity contribution is 6.01. The molecule has 7 heteroatoms. The molecule has 132 valence electrons. The van der Waals surface area contributed by atoms with Crippen molar-refractivity contribution < 1.29 is 14.3 Å². The van der Waals surface area contributed by atoms with Crippen LogP contribution < -0.4 is 5.32 Å². The number of aromatic nitrogens is 3. The minimum absolute atomic E-state index is 0.164. The SMILES string of the molecule is COC(=O)C1CCc2nnc(C(=O)Nc3ccc(C)c(C)c3)n2CC1. The second-order valence-corrected chi connectivity index (χ2v) is 6.39. The molecule has 1 aliphatic rings. The monoisotopic (exact) mass is 342 g/mol. The molecule has 25 heavy (non-hydrogen) atoms. The number of hydrogen-bond donors (Lipinski definition) is 1. The molecule has 7 nitrogen and oxygen atoms in total. The smallest absolute Gasteiger partial charge is 0.308 e. The number of carbonyl (C=O) groups is 2. The first-order valence-electron chi connectivity index (χ1n) is 8.38. The van der Waals surface area contributed by atoms with Crippen molar-refractivity contribution in [3.63, 3.8) is 0 Å². The zero-order valence-electron chi connectivity index (χ0n) is 14.7. The molecular weight excluding hydrogens is 320 g/mol. The molecule has 2 aromatic rings. The summed E-state index contributed by atoms with van der Waals surface area (Å²) in [5.74, 6) is 0.344. The van der Waals surface area contributed by atoms with Gasteiger partial charge in [0.2, 0.25) is 5.82 Å². The molecule has 2 heterocycles. The van der Waals surface area contributed by atoms with Crippen molar-refractivity contribution in [3.05, 3.63) is 41.0 Å². The number of amides is 1. The van der Waals surface area contributed by atoms with E-state index in [1.807, 2.05) is 32.0 Å². The lowest BCUT2D eigenvalue weighted by Crippen LogP contribution is -2.20. The molecule has 0 saturated carbocycles. The number of aryl methyl sites for hydroxylation is 3. The molecule has 1 amide bonds. The van der Waals surface area contributed by atoms with E-state index in [1.165, 1.54) is 12.7 Å². The quantitative estimate of drug-likeness (QED) is 0.865. The molecule has 0 saturated heterocycles. The largest absolute Gasteiger partial charge is 0.469 e. The van der Waals surface area contributed by atoms with Crippen LogP contribution in [-0.2, 0) is 22.5 Å². The lowest BCUT2D eigenvalue weighted by atomic mass is 10.0. The van der Waals surface area contributed by atoms with Gasteiger partial charge in [0.1, 0.15) is 5.82 Å². The number of fused-ring (bicyclic) bond motifs is 1. The van der Waals surface area contributed by atoms with Crippen LogP contribution in [0.5, 0.6) is 0 Å². The summed E-state index contributed by atoms with van der Waals surface area (Å²) in [5, 5.41) is 11.1. The van der Waals surface area contributed by atoms with E-state index in [2.05, 4.69) is 15.5 Å². The molecule has 0 fully saturated rings. The molecule has 0 radical (unpaired) electrons. The fraction of sp³-hybridized carbons (Fsp3) is 0.444. The van der Waals surface area contributed by atoms with Gasteiger partial charge in [0.15, 0.2) is 0 Å². The van der Waals surface area contributed by atoms with E-state index in [-0.39, 0.29) is 23.6 Å². The van der Waals surface area contributed by atoms with Crippen LogP contribution in [0.15, 0.2) is 18.2 Å². The number of ether oxygens (including phenoxy) is 1. The Balaban J connectivity index is 1.76. The Morgan fingerprint density at radius 2 is 2.00 bits per heavy atom. The highest BCUT2D eigenvalue weighted by Crippen LogP contribution is 2.22. The van der Waals surface area contributed by atoms with Crippen LogP contribution in [0.2, 0.25) is 0 Å². The fourth-order valence-corrected chi connectivity index (χ4v) is 3.06. The van der Waals surface area contributed by atoms with Gasteiger partial charge in [0.25, 0.3) is 5.91 Å². The summed E-state index contributed by atoms with van der Waals surface area (Å²) in [4.78, 5) is 24.4. The maximum atomic E-state index is 12.6. The summed E-state index contributed by atoms with van der Waals surface area (Å²) < 4.78 is 6.64. The molecular formula is C18H22N4O3. The van der Waals surface area contributed by atoms with Crippen molar-refractivity contribution in [1.82, 2.24) is 14.8 Å². The van der Waals surface area contributed by atoms with E-state index in [4.69, 9.17) is 4.74 Å². The van der Waals surface area contributed by atoms with E-state index in [0.29, 0.717) is 25.8 Å². The average molecular weight is 342 g/mol. The zero-order chi connectivity index (χ0) is 18.0. The minimum atomic E-state index is -0.293. The lowest BCUT2D eigenvalue weighted by Gasteiger charge is -2.11. The number of hydrogen-bond acceptors (Lipinski definition) is 5. The van der Waals surface area contributed by atoms with Crippen LogP contribution in [0.3, 0.4) is 0 Å². The van der Waals surface area contributed by atoms with Gasteiger partial charge in [-0.1, -0.05) is 6.07 Å². The molecule has 1 aromatic heterocycles. The van der Waals surface area contributed by atoms with Gasteiger partial charge in [-0.15, -0.1) is 10.2 Å².